The first-order chi connectivity index (χ1) is 17.9. The van der Waals surface area contributed by atoms with Crippen LogP contribution in [-0.2, 0) is 10.9 Å². The van der Waals surface area contributed by atoms with Gasteiger partial charge in [0.2, 0.25) is 0 Å². The Hall–Kier alpha value is -4.07. The second-order valence-electron chi connectivity index (χ2n) is 9.01. The van der Waals surface area contributed by atoms with Gasteiger partial charge >= 0.3 is 0 Å². The van der Waals surface area contributed by atoms with Crippen molar-refractivity contribution >= 4 is 21.7 Å². The van der Waals surface area contributed by atoms with Gasteiger partial charge < -0.3 is 4.74 Å². The Morgan fingerprint density at radius 1 is 0.676 bits per heavy atom. The Bertz CT molecular complexity index is 1560. The third-order valence-corrected chi connectivity index (χ3v) is 8.09. The zero-order chi connectivity index (χ0) is 25.8. The summed E-state index contributed by atoms with van der Waals surface area (Å²) in [5.74, 6) is 5.10. The van der Waals surface area contributed by atoms with Crippen LogP contribution in [0.25, 0.3) is 10.8 Å². The second kappa shape index (κ2) is 10.5. The first-order valence-electron chi connectivity index (χ1n) is 12.0. The number of benzene rings is 5. The number of hydrogen-bond acceptors (Lipinski definition) is 1. The average Bonchev–Trinajstić information content (AvgIpc) is 2.92. The van der Waals surface area contributed by atoms with Crippen LogP contribution >= 0.6 is 0 Å². The minimum absolute atomic E-state index is 0.117. The molecule has 0 atom stereocenters. The van der Waals surface area contributed by atoms with E-state index in [1.807, 2.05) is 54.6 Å². The van der Waals surface area contributed by atoms with Crippen molar-refractivity contribution in [2.45, 2.75) is 34.1 Å². The molecule has 0 bridgehead atoms. The van der Waals surface area contributed by atoms with Crippen molar-refractivity contribution in [2.24, 2.45) is 0 Å². The largest absolute Gasteiger partial charge is 0.472 e. The number of ether oxygens (including phenoxy) is 1. The van der Waals surface area contributed by atoms with Crippen LogP contribution in [0.4, 0.5) is 8.78 Å². The van der Waals surface area contributed by atoms with E-state index < -0.39 is 28.1 Å². The molecule has 0 aliphatic rings. The molecule has 0 saturated carbocycles. The fraction of sp³-hybridized carbons (Fsp3) is 0.0909. The Kier molecular flexibility index (Phi) is 6.99. The predicted octanol–water partition coefficient (Wildman–Crippen LogP) is 8.42. The van der Waals surface area contributed by atoms with E-state index in [2.05, 4.69) is 36.1 Å². The minimum Gasteiger partial charge on any atom is -0.472 e. The molecule has 0 heterocycles. The van der Waals surface area contributed by atoms with Gasteiger partial charge in [0.05, 0.1) is 5.56 Å². The number of hydrogen-bond donors (Lipinski definition) is 0. The third-order valence-electron chi connectivity index (χ3n) is 5.82. The maximum atomic E-state index is 15.8. The van der Waals surface area contributed by atoms with Gasteiger partial charge in [-0.25, -0.2) is 8.78 Å². The van der Waals surface area contributed by atoms with Crippen LogP contribution in [0.2, 0.25) is 0 Å². The van der Waals surface area contributed by atoms with Gasteiger partial charge in [-0.1, -0.05) is 78.6 Å². The monoisotopic (exact) mass is 507 g/mol. The molecule has 0 aromatic heterocycles. The van der Waals surface area contributed by atoms with Crippen LogP contribution in [0, 0.1) is 23.5 Å². The highest BCUT2D eigenvalue weighted by Crippen LogP contribution is 2.40. The molecule has 5 aromatic rings. The quantitative estimate of drug-likeness (QED) is 0.171. The van der Waals surface area contributed by atoms with Crippen LogP contribution < -0.4 is 4.74 Å². The summed E-state index contributed by atoms with van der Waals surface area (Å²) in [6, 6.07) is 36.0. The highest BCUT2D eigenvalue weighted by atomic mass is 32.2. The van der Waals surface area contributed by atoms with Gasteiger partial charge in [0.15, 0.2) is 31.9 Å². The Morgan fingerprint density at radius 3 is 1.84 bits per heavy atom. The highest BCUT2D eigenvalue weighted by molar-refractivity contribution is 7.97. The lowest BCUT2D eigenvalue weighted by molar-refractivity contribution is 0.164. The van der Waals surface area contributed by atoms with E-state index in [1.54, 1.807) is 44.2 Å². The van der Waals surface area contributed by atoms with Crippen molar-refractivity contribution in [3.63, 3.8) is 0 Å². The topological polar surface area (TPSA) is 9.23 Å². The summed E-state index contributed by atoms with van der Waals surface area (Å²) in [6.07, 6.45) is 0. The molecule has 0 unspecified atom stereocenters. The molecule has 182 valence electrons. The van der Waals surface area contributed by atoms with Gasteiger partial charge in [-0.05, 0) is 56.3 Å². The fourth-order valence-corrected chi connectivity index (χ4v) is 6.37. The van der Waals surface area contributed by atoms with Gasteiger partial charge in [-0.15, -0.1) is 0 Å². The molecule has 0 radical (unpaired) electrons. The average molecular weight is 508 g/mol. The van der Waals surface area contributed by atoms with Crippen LogP contribution in [-0.4, -0.2) is 5.60 Å². The Balaban J connectivity index is 1.65. The molecule has 0 fully saturated rings. The molecular weight excluding hydrogens is 482 g/mol. The van der Waals surface area contributed by atoms with Gasteiger partial charge in [0, 0.05) is 16.8 Å². The van der Waals surface area contributed by atoms with E-state index in [4.69, 9.17) is 4.74 Å². The van der Waals surface area contributed by atoms with Crippen molar-refractivity contribution in [1.29, 1.82) is 0 Å². The minimum atomic E-state index is -1.07. The van der Waals surface area contributed by atoms with Crippen molar-refractivity contribution < 1.29 is 13.5 Å². The van der Waals surface area contributed by atoms with E-state index in [0.29, 0.717) is 5.39 Å². The fourth-order valence-electron chi connectivity index (χ4n) is 4.11. The SMILES string of the molecule is CC(C)(C#Cc1ccccc1F)Oc1cc([S+](c2ccccc2)c2ccccc2)c2ccccc2c1F. The Morgan fingerprint density at radius 2 is 1.22 bits per heavy atom. The molecule has 1 nitrogen and oxygen atoms in total. The molecule has 4 heteroatoms. The first-order valence-corrected chi connectivity index (χ1v) is 13.2. The van der Waals surface area contributed by atoms with E-state index in [9.17, 15) is 4.39 Å². The van der Waals surface area contributed by atoms with Crippen molar-refractivity contribution in [3.05, 3.63) is 132 Å². The summed E-state index contributed by atoms with van der Waals surface area (Å²) in [4.78, 5) is 3.20. The number of rotatable bonds is 5. The summed E-state index contributed by atoms with van der Waals surface area (Å²) in [6.45, 7) is 3.51. The van der Waals surface area contributed by atoms with Gasteiger partial charge in [0.1, 0.15) is 16.7 Å². The summed E-state index contributed by atoms with van der Waals surface area (Å²) in [5.41, 5.74) is -0.797. The van der Waals surface area contributed by atoms with E-state index in [0.717, 1.165) is 20.1 Å². The van der Waals surface area contributed by atoms with Crippen LogP contribution in [0.3, 0.4) is 0 Å². The smallest absolute Gasteiger partial charge is 0.178 e. The lowest BCUT2D eigenvalue weighted by Gasteiger charge is -2.22. The molecule has 0 spiro atoms. The second-order valence-corrected chi connectivity index (χ2v) is 11.0. The van der Waals surface area contributed by atoms with Crippen LogP contribution in [0.15, 0.2) is 130 Å². The molecular formula is C33H25F2OS+. The lowest BCUT2D eigenvalue weighted by atomic mass is 10.1. The van der Waals surface area contributed by atoms with Gasteiger partial charge in [-0.3, -0.25) is 0 Å². The zero-order valence-electron chi connectivity index (χ0n) is 20.5. The summed E-state index contributed by atoms with van der Waals surface area (Å²) in [5, 5.41) is 1.32. The Labute approximate surface area is 219 Å². The maximum absolute atomic E-state index is 15.8. The van der Waals surface area contributed by atoms with Crippen molar-refractivity contribution in [1.82, 2.24) is 0 Å². The zero-order valence-corrected chi connectivity index (χ0v) is 21.4. The maximum Gasteiger partial charge on any atom is 0.178 e. The molecule has 0 aliphatic heterocycles. The molecule has 0 amide bonds. The number of halogens is 2. The lowest BCUT2D eigenvalue weighted by Crippen LogP contribution is -2.26. The molecule has 5 rings (SSSR count). The van der Waals surface area contributed by atoms with Gasteiger partial charge in [-0.2, -0.15) is 0 Å². The van der Waals surface area contributed by atoms with Crippen molar-refractivity contribution in [2.75, 3.05) is 0 Å². The molecule has 5 aromatic carbocycles. The summed E-state index contributed by atoms with van der Waals surface area (Å²) in [7, 11) is -0.505. The summed E-state index contributed by atoms with van der Waals surface area (Å²) < 4.78 is 36.1. The predicted molar refractivity (Wildman–Crippen MR) is 147 cm³/mol. The van der Waals surface area contributed by atoms with Crippen molar-refractivity contribution in [3.8, 4) is 17.6 Å². The van der Waals surface area contributed by atoms with E-state index in [-0.39, 0.29) is 11.3 Å². The molecule has 37 heavy (non-hydrogen) atoms. The molecule has 0 aliphatic carbocycles. The molecule has 0 saturated heterocycles. The first kappa shape index (κ1) is 24.6. The highest BCUT2D eigenvalue weighted by Gasteiger charge is 2.33. The van der Waals surface area contributed by atoms with E-state index >= 15 is 4.39 Å². The van der Waals surface area contributed by atoms with E-state index in [1.165, 1.54) is 6.07 Å². The van der Waals surface area contributed by atoms with Crippen LogP contribution in [0.5, 0.6) is 5.75 Å². The third kappa shape index (κ3) is 5.38. The van der Waals surface area contributed by atoms with Gasteiger partial charge in [0.25, 0.3) is 0 Å². The normalized spacial score (nSPS) is 11.3. The standard InChI is InChI=1S/C33H25F2OS/c1-33(2,22-21-24-13-9-12-20-29(24)34)36-30-23-31(27-18-10-11-19-28(27)32(30)35)37(25-14-5-3-6-15-25)26-16-7-4-8-17-26/h3-20,23H,1-2H3/q+1. The number of fused-ring (bicyclic) bond motifs is 1. The summed E-state index contributed by atoms with van der Waals surface area (Å²) >= 11 is 0. The van der Waals surface area contributed by atoms with Crippen LogP contribution in [0.1, 0.15) is 19.4 Å². The molecule has 0 N–H and O–H groups in total.